The summed E-state index contributed by atoms with van der Waals surface area (Å²) in [6.45, 7) is 1.94. The zero-order chi connectivity index (χ0) is 9.26. The number of nitrogens with two attached hydrogens (primary N) is 1. The third-order valence-corrected chi connectivity index (χ3v) is 2.76. The van der Waals surface area contributed by atoms with E-state index in [1.54, 1.807) is 6.20 Å². The number of hydrogen-bond acceptors (Lipinski definition) is 3. The average Bonchev–Trinajstić information content (AvgIpc) is 2.53. The van der Waals surface area contributed by atoms with E-state index in [1.165, 1.54) is 0 Å². The molecule has 72 valence electrons. The summed E-state index contributed by atoms with van der Waals surface area (Å²) in [5.41, 5.74) is 5.83. The summed E-state index contributed by atoms with van der Waals surface area (Å²) in [4.78, 5) is 4.26. The molecule has 1 aromatic heterocycles. The summed E-state index contributed by atoms with van der Waals surface area (Å²) in [6.07, 6.45) is 6.25. The predicted molar refractivity (Wildman–Crippen MR) is 50.4 cm³/mol. The van der Waals surface area contributed by atoms with E-state index < -0.39 is 0 Å². The highest BCUT2D eigenvalue weighted by Gasteiger charge is 2.23. The first-order chi connectivity index (χ1) is 6.25. The molecule has 1 aliphatic rings. The lowest BCUT2D eigenvalue weighted by atomic mass is 9.86. The van der Waals surface area contributed by atoms with Crippen molar-refractivity contribution in [2.24, 2.45) is 5.73 Å². The van der Waals surface area contributed by atoms with Gasteiger partial charge in [0.1, 0.15) is 5.76 Å². The van der Waals surface area contributed by atoms with E-state index in [9.17, 15) is 0 Å². The Balaban J connectivity index is 2.02. The molecule has 1 aliphatic carbocycles. The molecule has 2 rings (SSSR count). The molecule has 0 aliphatic heterocycles. The minimum Gasteiger partial charge on any atom is -0.446 e. The highest BCUT2D eigenvalue weighted by Crippen LogP contribution is 2.31. The van der Waals surface area contributed by atoms with Gasteiger partial charge in [-0.1, -0.05) is 0 Å². The Bertz CT molecular complexity index is 274. The summed E-state index contributed by atoms with van der Waals surface area (Å²) in [6, 6.07) is 0.396. The van der Waals surface area contributed by atoms with Crippen LogP contribution in [0.3, 0.4) is 0 Å². The maximum atomic E-state index is 5.83. The van der Waals surface area contributed by atoms with Gasteiger partial charge in [-0.25, -0.2) is 4.98 Å². The second kappa shape index (κ2) is 3.50. The van der Waals surface area contributed by atoms with Crippen LogP contribution < -0.4 is 5.73 Å². The van der Waals surface area contributed by atoms with Gasteiger partial charge in [0, 0.05) is 12.0 Å². The lowest BCUT2D eigenvalue weighted by Gasteiger charge is -2.23. The molecular formula is C10H16N2O. The molecule has 2 N–H and O–H groups in total. The van der Waals surface area contributed by atoms with Crippen molar-refractivity contribution < 1.29 is 4.42 Å². The predicted octanol–water partition coefficient (Wildman–Crippen LogP) is 1.97. The largest absolute Gasteiger partial charge is 0.446 e. The second-order valence-corrected chi connectivity index (χ2v) is 3.92. The fourth-order valence-electron chi connectivity index (χ4n) is 1.93. The average molecular weight is 180 g/mol. The molecule has 0 spiro atoms. The minimum atomic E-state index is 0.396. The highest BCUT2D eigenvalue weighted by atomic mass is 16.4. The van der Waals surface area contributed by atoms with Crippen molar-refractivity contribution in [1.82, 2.24) is 4.98 Å². The first-order valence-corrected chi connectivity index (χ1v) is 4.93. The molecule has 0 unspecified atom stereocenters. The molecule has 0 saturated heterocycles. The van der Waals surface area contributed by atoms with Crippen molar-refractivity contribution in [3.63, 3.8) is 0 Å². The molecule has 1 saturated carbocycles. The summed E-state index contributed by atoms with van der Waals surface area (Å²) in [5.74, 6) is 2.32. The van der Waals surface area contributed by atoms with Crippen molar-refractivity contribution in [2.45, 2.75) is 44.6 Å². The molecule has 1 fully saturated rings. The van der Waals surface area contributed by atoms with Crippen LogP contribution in [0.25, 0.3) is 0 Å². The maximum absolute atomic E-state index is 5.83. The van der Waals surface area contributed by atoms with E-state index in [2.05, 4.69) is 4.98 Å². The Morgan fingerprint density at radius 2 is 2.08 bits per heavy atom. The molecule has 0 bridgehead atoms. The van der Waals surface area contributed by atoms with Crippen LogP contribution in [0.2, 0.25) is 0 Å². The van der Waals surface area contributed by atoms with Crippen molar-refractivity contribution in [3.05, 3.63) is 17.8 Å². The zero-order valence-electron chi connectivity index (χ0n) is 7.99. The van der Waals surface area contributed by atoms with Gasteiger partial charge >= 0.3 is 0 Å². The molecule has 1 aromatic rings. The van der Waals surface area contributed by atoms with Gasteiger partial charge in [-0.3, -0.25) is 0 Å². The Morgan fingerprint density at radius 1 is 1.38 bits per heavy atom. The van der Waals surface area contributed by atoms with Gasteiger partial charge in [0.15, 0.2) is 5.89 Å². The van der Waals surface area contributed by atoms with E-state index in [-0.39, 0.29) is 0 Å². The summed E-state index contributed by atoms with van der Waals surface area (Å²) in [7, 11) is 0. The Hall–Kier alpha value is -0.830. The highest BCUT2D eigenvalue weighted by molar-refractivity contribution is 4.99. The molecule has 0 amide bonds. The van der Waals surface area contributed by atoms with Gasteiger partial charge in [-0.2, -0.15) is 0 Å². The lowest BCUT2D eigenvalue weighted by Crippen LogP contribution is -2.25. The first kappa shape index (κ1) is 8.75. The van der Waals surface area contributed by atoms with Gasteiger partial charge in [-0.15, -0.1) is 0 Å². The van der Waals surface area contributed by atoms with Crippen LogP contribution in [-0.2, 0) is 0 Å². The van der Waals surface area contributed by atoms with Crippen molar-refractivity contribution in [1.29, 1.82) is 0 Å². The monoisotopic (exact) mass is 180 g/mol. The van der Waals surface area contributed by atoms with Crippen molar-refractivity contribution in [3.8, 4) is 0 Å². The Labute approximate surface area is 78.3 Å². The summed E-state index contributed by atoms with van der Waals surface area (Å²) < 4.78 is 5.51. The number of aromatic nitrogens is 1. The number of aryl methyl sites for hydroxylation is 1. The van der Waals surface area contributed by atoms with Crippen LogP contribution >= 0.6 is 0 Å². The van der Waals surface area contributed by atoms with E-state index in [4.69, 9.17) is 10.2 Å². The standard InChI is InChI=1S/C10H16N2O/c1-7-6-12-10(13-7)8-2-4-9(11)5-3-8/h6,8-9H,2-5,11H2,1H3. The van der Waals surface area contributed by atoms with Gasteiger partial charge in [0.05, 0.1) is 6.20 Å². The maximum Gasteiger partial charge on any atom is 0.197 e. The molecule has 0 aromatic carbocycles. The number of hydrogen-bond donors (Lipinski definition) is 1. The van der Waals surface area contributed by atoms with Gasteiger partial charge < -0.3 is 10.2 Å². The van der Waals surface area contributed by atoms with Crippen molar-refractivity contribution >= 4 is 0 Å². The Kier molecular flexibility index (Phi) is 2.36. The van der Waals surface area contributed by atoms with Crippen LogP contribution in [0.4, 0.5) is 0 Å². The van der Waals surface area contributed by atoms with Gasteiger partial charge in [0.2, 0.25) is 0 Å². The SMILES string of the molecule is Cc1cnc(C2CCC(N)CC2)o1. The van der Waals surface area contributed by atoms with E-state index in [0.717, 1.165) is 37.3 Å². The first-order valence-electron chi connectivity index (χ1n) is 4.93. The van der Waals surface area contributed by atoms with Crippen LogP contribution in [0.15, 0.2) is 10.6 Å². The van der Waals surface area contributed by atoms with Crippen molar-refractivity contribution in [2.75, 3.05) is 0 Å². The third kappa shape index (κ3) is 1.91. The van der Waals surface area contributed by atoms with E-state index >= 15 is 0 Å². The number of oxazole rings is 1. The van der Waals surface area contributed by atoms with Crippen LogP contribution in [0.5, 0.6) is 0 Å². The smallest absolute Gasteiger partial charge is 0.197 e. The number of rotatable bonds is 1. The fraction of sp³-hybridized carbons (Fsp3) is 0.700. The quantitative estimate of drug-likeness (QED) is 0.718. The molecular weight excluding hydrogens is 164 g/mol. The van der Waals surface area contributed by atoms with Crippen LogP contribution in [0, 0.1) is 6.92 Å². The minimum absolute atomic E-state index is 0.396. The van der Waals surface area contributed by atoms with Gasteiger partial charge in [0.25, 0.3) is 0 Å². The zero-order valence-corrected chi connectivity index (χ0v) is 7.99. The third-order valence-electron chi connectivity index (χ3n) is 2.76. The molecule has 3 nitrogen and oxygen atoms in total. The number of nitrogens with zero attached hydrogens (tertiary/aromatic N) is 1. The van der Waals surface area contributed by atoms with E-state index in [1.807, 2.05) is 6.92 Å². The molecule has 1 heterocycles. The molecule has 0 radical (unpaired) electrons. The van der Waals surface area contributed by atoms with Crippen LogP contribution in [-0.4, -0.2) is 11.0 Å². The fourth-order valence-corrected chi connectivity index (χ4v) is 1.93. The van der Waals surface area contributed by atoms with E-state index in [0.29, 0.717) is 12.0 Å². The summed E-state index contributed by atoms with van der Waals surface area (Å²) in [5, 5.41) is 0. The normalized spacial score (nSPS) is 29.1. The van der Waals surface area contributed by atoms with Gasteiger partial charge in [-0.05, 0) is 32.6 Å². The topological polar surface area (TPSA) is 52.0 Å². The summed E-state index contributed by atoms with van der Waals surface area (Å²) >= 11 is 0. The van der Waals surface area contributed by atoms with Crippen LogP contribution in [0.1, 0.15) is 43.3 Å². The molecule has 0 atom stereocenters. The molecule has 3 heteroatoms. The lowest BCUT2D eigenvalue weighted by molar-refractivity contribution is 0.334. The Morgan fingerprint density at radius 3 is 2.62 bits per heavy atom. The molecule has 13 heavy (non-hydrogen) atoms. The second-order valence-electron chi connectivity index (χ2n) is 3.92.